The zero-order valence-corrected chi connectivity index (χ0v) is 17.0. The van der Waals surface area contributed by atoms with Gasteiger partial charge in [0.1, 0.15) is 0 Å². The van der Waals surface area contributed by atoms with Gasteiger partial charge < -0.3 is 15.0 Å². The summed E-state index contributed by atoms with van der Waals surface area (Å²) >= 11 is 3.43. The number of ether oxygens (including phenoxy) is 1. The zero-order valence-electron chi connectivity index (χ0n) is 15.4. The lowest BCUT2D eigenvalue weighted by Crippen LogP contribution is -2.44. The van der Waals surface area contributed by atoms with Gasteiger partial charge in [-0.2, -0.15) is 0 Å². The predicted molar refractivity (Wildman–Crippen MR) is 104 cm³/mol. The first-order valence-corrected chi connectivity index (χ1v) is 10.2. The molecule has 0 aromatic heterocycles. The first-order chi connectivity index (χ1) is 13.0. The summed E-state index contributed by atoms with van der Waals surface area (Å²) in [6.07, 6.45) is 3.40. The average Bonchev–Trinajstić information content (AvgIpc) is 3.52. The quantitative estimate of drug-likeness (QED) is 0.695. The zero-order chi connectivity index (χ0) is 19.4. The van der Waals surface area contributed by atoms with Crippen molar-refractivity contribution < 1.29 is 19.1 Å². The van der Waals surface area contributed by atoms with Gasteiger partial charge in [0, 0.05) is 29.4 Å². The highest BCUT2D eigenvalue weighted by Gasteiger charge is 2.36. The molecule has 27 heavy (non-hydrogen) atoms. The molecule has 2 fully saturated rings. The lowest BCUT2D eigenvalue weighted by atomic mass is 9.94. The Hall–Kier alpha value is -1.89. The number of amides is 2. The van der Waals surface area contributed by atoms with Crippen LogP contribution in [0.2, 0.25) is 0 Å². The number of likely N-dealkylation sites (tertiary alicyclic amines) is 1. The van der Waals surface area contributed by atoms with E-state index in [4.69, 9.17) is 4.74 Å². The molecule has 0 spiro atoms. The fourth-order valence-corrected chi connectivity index (χ4v) is 3.88. The maximum Gasteiger partial charge on any atom is 0.307 e. The van der Waals surface area contributed by atoms with Crippen LogP contribution in [0.25, 0.3) is 0 Å². The molecule has 3 rings (SSSR count). The number of piperidine rings is 1. The van der Waals surface area contributed by atoms with Gasteiger partial charge in [-0.3, -0.25) is 14.4 Å². The summed E-state index contributed by atoms with van der Waals surface area (Å²) in [6, 6.07) is 7.11. The third-order valence-corrected chi connectivity index (χ3v) is 5.76. The van der Waals surface area contributed by atoms with Gasteiger partial charge in [-0.15, -0.1) is 0 Å². The summed E-state index contributed by atoms with van der Waals surface area (Å²) in [5.41, 5.74) is 0.851. The van der Waals surface area contributed by atoms with Crippen LogP contribution in [0, 0.1) is 11.8 Å². The minimum absolute atomic E-state index is 0.0672. The normalized spacial score (nSPS) is 18.7. The Morgan fingerprint density at radius 3 is 2.48 bits per heavy atom. The van der Waals surface area contributed by atoms with Gasteiger partial charge in [0.2, 0.25) is 11.8 Å². The maximum absolute atomic E-state index is 12.8. The van der Waals surface area contributed by atoms with Crippen LogP contribution < -0.4 is 5.32 Å². The fraction of sp³-hybridized carbons (Fsp3) is 0.550. The summed E-state index contributed by atoms with van der Waals surface area (Å²) in [4.78, 5) is 38.6. The van der Waals surface area contributed by atoms with E-state index in [0.717, 1.165) is 22.9 Å². The minimum Gasteiger partial charge on any atom is -0.469 e. The fourth-order valence-electron chi connectivity index (χ4n) is 3.47. The Kier molecular flexibility index (Phi) is 6.52. The number of benzene rings is 1. The smallest absolute Gasteiger partial charge is 0.307 e. The number of halogens is 1. The molecule has 0 bridgehead atoms. The van der Waals surface area contributed by atoms with Crippen LogP contribution in [0.3, 0.4) is 0 Å². The van der Waals surface area contributed by atoms with Crippen molar-refractivity contribution in [3.05, 3.63) is 34.3 Å². The molecule has 1 heterocycles. The van der Waals surface area contributed by atoms with E-state index in [1.165, 1.54) is 7.11 Å². The molecule has 1 atom stereocenters. The van der Waals surface area contributed by atoms with E-state index >= 15 is 0 Å². The molecule has 1 N–H and O–H groups in total. The Morgan fingerprint density at radius 1 is 1.19 bits per heavy atom. The summed E-state index contributed by atoms with van der Waals surface area (Å²) in [6.45, 7) is 1.26. The molecule has 1 saturated heterocycles. The second-order valence-electron chi connectivity index (χ2n) is 7.27. The SMILES string of the molecule is COC(=O)C[C@H](NC(=O)C1CCN(C(=O)C2CC2)CC1)c1cccc(Br)c1. The average molecular weight is 437 g/mol. The van der Waals surface area contributed by atoms with Crippen molar-refractivity contribution >= 4 is 33.7 Å². The lowest BCUT2D eigenvalue weighted by molar-refractivity contribution is -0.142. The third kappa shape index (κ3) is 5.31. The number of esters is 1. The largest absolute Gasteiger partial charge is 0.469 e. The molecule has 0 unspecified atom stereocenters. The van der Waals surface area contributed by atoms with Crippen LogP contribution in [0.15, 0.2) is 28.7 Å². The molecule has 1 saturated carbocycles. The molecule has 1 aromatic rings. The first-order valence-electron chi connectivity index (χ1n) is 9.39. The molecule has 2 amide bonds. The molecule has 7 heteroatoms. The van der Waals surface area contributed by atoms with Gasteiger partial charge in [-0.05, 0) is 43.4 Å². The van der Waals surface area contributed by atoms with Gasteiger partial charge in [-0.1, -0.05) is 28.1 Å². The van der Waals surface area contributed by atoms with Crippen LogP contribution >= 0.6 is 15.9 Å². The second-order valence-corrected chi connectivity index (χ2v) is 8.19. The number of rotatable bonds is 6. The van der Waals surface area contributed by atoms with Crippen molar-refractivity contribution in [2.45, 2.75) is 38.1 Å². The van der Waals surface area contributed by atoms with Crippen LogP contribution in [-0.4, -0.2) is 42.9 Å². The lowest BCUT2D eigenvalue weighted by Gasteiger charge is -2.32. The monoisotopic (exact) mass is 436 g/mol. The Morgan fingerprint density at radius 2 is 1.89 bits per heavy atom. The second kappa shape index (κ2) is 8.87. The first kappa shape index (κ1) is 19.9. The molecule has 0 radical (unpaired) electrons. The number of hydrogen-bond donors (Lipinski definition) is 1. The number of carbonyl (C=O) groups excluding carboxylic acids is 3. The highest BCUT2D eigenvalue weighted by atomic mass is 79.9. The van der Waals surface area contributed by atoms with E-state index in [0.29, 0.717) is 25.9 Å². The molecule has 1 aliphatic carbocycles. The van der Waals surface area contributed by atoms with Crippen molar-refractivity contribution in [3.8, 4) is 0 Å². The Labute approximate surface area is 167 Å². The molecular weight excluding hydrogens is 412 g/mol. The van der Waals surface area contributed by atoms with Crippen molar-refractivity contribution in [2.24, 2.45) is 11.8 Å². The molecule has 2 aliphatic rings. The van der Waals surface area contributed by atoms with E-state index in [9.17, 15) is 14.4 Å². The van der Waals surface area contributed by atoms with E-state index in [-0.39, 0.29) is 36.0 Å². The van der Waals surface area contributed by atoms with Gasteiger partial charge in [0.05, 0.1) is 19.6 Å². The number of hydrogen-bond acceptors (Lipinski definition) is 4. The van der Waals surface area contributed by atoms with Crippen molar-refractivity contribution in [3.63, 3.8) is 0 Å². The van der Waals surface area contributed by atoms with E-state index < -0.39 is 6.04 Å². The summed E-state index contributed by atoms with van der Waals surface area (Å²) < 4.78 is 5.67. The van der Waals surface area contributed by atoms with Gasteiger partial charge >= 0.3 is 5.97 Å². The van der Waals surface area contributed by atoms with Gasteiger partial charge in [0.15, 0.2) is 0 Å². The topological polar surface area (TPSA) is 75.7 Å². The number of methoxy groups -OCH3 is 1. The van der Waals surface area contributed by atoms with Crippen molar-refractivity contribution in [2.75, 3.05) is 20.2 Å². The summed E-state index contributed by atoms with van der Waals surface area (Å²) in [5, 5.41) is 3.01. The van der Waals surface area contributed by atoms with E-state index in [2.05, 4.69) is 21.2 Å². The molecule has 1 aliphatic heterocycles. The Bertz CT molecular complexity index is 712. The van der Waals surface area contributed by atoms with E-state index in [1.807, 2.05) is 29.2 Å². The van der Waals surface area contributed by atoms with Crippen molar-refractivity contribution in [1.82, 2.24) is 10.2 Å². The Balaban J connectivity index is 1.60. The summed E-state index contributed by atoms with van der Waals surface area (Å²) in [7, 11) is 1.34. The number of carbonyl (C=O) groups is 3. The predicted octanol–water partition coefficient (Wildman–Crippen LogP) is 2.82. The molecule has 146 valence electrons. The number of nitrogens with zero attached hydrogens (tertiary/aromatic N) is 1. The number of nitrogens with one attached hydrogen (secondary N) is 1. The van der Waals surface area contributed by atoms with Crippen molar-refractivity contribution in [1.29, 1.82) is 0 Å². The molecular formula is C20H25BrN2O4. The van der Waals surface area contributed by atoms with E-state index in [1.54, 1.807) is 0 Å². The van der Waals surface area contributed by atoms with Crippen LogP contribution in [0.1, 0.15) is 43.7 Å². The summed E-state index contributed by atoms with van der Waals surface area (Å²) in [5.74, 6) is -0.115. The van der Waals surface area contributed by atoms with Gasteiger partial charge in [-0.25, -0.2) is 0 Å². The highest BCUT2D eigenvalue weighted by Crippen LogP contribution is 2.32. The van der Waals surface area contributed by atoms with Crippen LogP contribution in [0.4, 0.5) is 0 Å². The highest BCUT2D eigenvalue weighted by molar-refractivity contribution is 9.10. The minimum atomic E-state index is -0.437. The molecule has 6 nitrogen and oxygen atoms in total. The van der Waals surface area contributed by atoms with Gasteiger partial charge in [0.25, 0.3) is 0 Å². The molecule has 1 aromatic carbocycles. The third-order valence-electron chi connectivity index (χ3n) is 5.27. The van der Waals surface area contributed by atoms with Crippen LogP contribution in [0.5, 0.6) is 0 Å². The maximum atomic E-state index is 12.8. The standard InChI is InChI=1S/C20H25BrN2O4/c1-27-18(24)12-17(15-3-2-4-16(21)11-15)22-19(25)13-7-9-23(10-8-13)20(26)14-5-6-14/h2-4,11,13-14,17H,5-10,12H2,1H3,(H,22,25)/t17-/m0/s1. The van der Waals surface area contributed by atoms with Crippen LogP contribution in [-0.2, 0) is 19.1 Å².